The molecule has 2 rings (SSSR count). The normalized spacial score (nSPS) is 11.7. The summed E-state index contributed by atoms with van der Waals surface area (Å²) in [5.41, 5.74) is 5.67. The molecule has 0 saturated heterocycles. The van der Waals surface area contributed by atoms with Gasteiger partial charge in [0.1, 0.15) is 12.4 Å². The maximum atomic E-state index is 5.80. The summed E-state index contributed by atoms with van der Waals surface area (Å²) in [7, 11) is 3.19. The van der Waals surface area contributed by atoms with Gasteiger partial charge in [-0.05, 0) is 25.3 Å². The third kappa shape index (κ3) is 4.79. The van der Waals surface area contributed by atoms with Gasteiger partial charge in [-0.15, -0.1) is 0 Å². The first-order valence-corrected chi connectivity index (χ1v) is 8.45. The van der Waals surface area contributed by atoms with Gasteiger partial charge in [0.05, 0.1) is 20.3 Å². The summed E-state index contributed by atoms with van der Waals surface area (Å²) < 4.78 is 16.3. The van der Waals surface area contributed by atoms with Crippen molar-refractivity contribution in [1.29, 1.82) is 0 Å². The van der Waals surface area contributed by atoms with Gasteiger partial charge in [-0.1, -0.05) is 11.8 Å². The molecule has 1 aromatic carbocycles. The maximum Gasteiger partial charge on any atom is 0.228 e. The number of rotatable bonds is 8. The van der Waals surface area contributed by atoms with Gasteiger partial charge in [0, 0.05) is 6.07 Å². The fourth-order valence-electron chi connectivity index (χ4n) is 1.90. The zero-order valence-electron chi connectivity index (χ0n) is 14.1. The highest BCUT2D eigenvalue weighted by molar-refractivity contribution is 7.98. The van der Waals surface area contributed by atoms with Crippen LogP contribution in [0.25, 0.3) is 0 Å². The van der Waals surface area contributed by atoms with Crippen molar-refractivity contribution in [3.8, 4) is 17.2 Å². The number of nitrogen functional groups attached to an aromatic ring is 1. The molecule has 0 radical (unpaired) electrons. The van der Waals surface area contributed by atoms with Crippen LogP contribution >= 0.6 is 11.8 Å². The van der Waals surface area contributed by atoms with Gasteiger partial charge < -0.3 is 25.3 Å². The van der Waals surface area contributed by atoms with Crippen molar-refractivity contribution >= 4 is 23.7 Å². The predicted molar refractivity (Wildman–Crippen MR) is 94.1 cm³/mol. The Hall–Kier alpha value is -2.42. The molecule has 1 aromatic heterocycles. The van der Waals surface area contributed by atoms with Crippen molar-refractivity contribution in [3.63, 3.8) is 0 Å². The zero-order valence-corrected chi connectivity index (χ0v) is 14.9. The topological polar surface area (TPSA) is 104 Å². The number of anilines is 2. The molecule has 0 fully saturated rings. The molecule has 0 aliphatic heterocycles. The van der Waals surface area contributed by atoms with Crippen molar-refractivity contribution in [2.75, 3.05) is 38.1 Å². The van der Waals surface area contributed by atoms with Crippen LogP contribution in [0.5, 0.6) is 17.2 Å². The third-order valence-electron chi connectivity index (χ3n) is 3.05. The zero-order chi connectivity index (χ0) is 17.5. The SMILES string of the molecule is COc1ccc(OCC(C)Nc2nc(N)nc(SC)n2)c(OC)c1. The summed E-state index contributed by atoms with van der Waals surface area (Å²) in [6.45, 7) is 2.34. The average Bonchev–Trinajstić information content (AvgIpc) is 2.59. The van der Waals surface area contributed by atoms with E-state index in [1.807, 2.05) is 19.2 Å². The summed E-state index contributed by atoms with van der Waals surface area (Å²) in [4.78, 5) is 12.3. The molecule has 1 atom stereocenters. The van der Waals surface area contributed by atoms with E-state index in [4.69, 9.17) is 19.9 Å². The Bertz CT molecular complexity index is 686. The van der Waals surface area contributed by atoms with Gasteiger partial charge in [0.2, 0.25) is 11.9 Å². The maximum absolute atomic E-state index is 5.80. The summed E-state index contributed by atoms with van der Waals surface area (Å²) in [5, 5.41) is 3.71. The molecule has 24 heavy (non-hydrogen) atoms. The molecular formula is C15H21N5O3S. The van der Waals surface area contributed by atoms with E-state index in [0.717, 1.165) is 0 Å². The van der Waals surface area contributed by atoms with Crippen molar-refractivity contribution < 1.29 is 14.2 Å². The molecule has 1 heterocycles. The highest BCUT2D eigenvalue weighted by atomic mass is 32.2. The van der Waals surface area contributed by atoms with E-state index in [9.17, 15) is 0 Å². The predicted octanol–water partition coefficient (Wildman–Crippen LogP) is 2.07. The van der Waals surface area contributed by atoms with Crippen LogP contribution in [0.15, 0.2) is 23.4 Å². The van der Waals surface area contributed by atoms with Crippen molar-refractivity contribution in [2.45, 2.75) is 18.1 Å². The molecule has 0 bridgehead atoms. The van der Waals surface area contributed by atoms with E-state index >= 15 is 0 Å². The van der Waals surface area contributed by atoms with Crippen LogP contribution in [0.3, 0.4) is 0 Å². The fourth-order valence-corrected chi connectivity index (χ4v) is 2.26. The summed E-state index contributed by atoms with van der Waals surface area (Å²) in [6, 6.07) is 5.34. The van der Waals surface area contributed by atoms with Crippen LogP contribution in [0.1, 0.15) is 6.92 Å². The van der Waals surface area contributed by atoms with E-state index in [0.29, 0.717) is 35.0 Å². The van der Waals surface area contributed by atoms with Crippen LogP contribution in [0.2, 0.25) is 0 Å². The number of hydrogen-bond acceptors (Lipinski definition) is 9. The fraction of sp³-hybridized carbons (Fsp3) is 0.400. The first kappa shape index (κ1) is 17.9. The second kappa shape index (κ2) is 8.44. The van der Waals surface area contributed by atoms with E-state index in [2.05, 4.69) is 20.3 Å². The van der Waals surface area contributed by atoms with Gasteiger partial charge in [-0.2, -0.15) is 15.0 Å². The Morgan fingerprint density at radius 2 is 1.96 bits per heavy atom. The van der Waals surface area contributed by atoms with Crippen LogP contribution in [0.4, 0.5) is 11.9 Å². The largest absolute Gasteiger partial charge is 0.497 e. The second-order valence-electron chi connectivity index (χ2n) is 4.88. The molecule has 0 saturated carbocycles. The Morgan fingerprint density at radius 1 is 1.17 bits per heavy atom. The number of methoxy groups -OCH3 is 2. The van der Waals surface area contributed by atoms with Crippen molar-refractivity contribution in [1.82, 2.24) is 15.0 Å². The van der Waals surface area contributed by atoms with E-state index in [1.54, 1.807) is 26.4 Å². The van der Waals surface area contributed by atoms with E-state index in [1.165, 1.54) is 11.8 Å². The Kier molecular flexibility index (Phi) is 6.30. The van der Waals surface area contributed by atoms with Crippen molar-refractivity contribution in [2.24, 2.45) is 0 Å². The number of nitrogens with two attached hydrogens (primary N) is 1. The average molecular weight is 351 g/mol. The molecule has 9 heteroatoms. The minimum absolute atomic E-state index is 0.0479. The highest BCUT2D eigenvalue weighted by Crippen LogP contribution is 2.31. The lowest BCUT2D eigenvalue weighted by molar-refractivity contribution is 0.282. The van der Waals surface area contributed by atoms with Gasteiger partial charge in [0.15, 0.2) is 16.7 Å². The molecule has 8 nitrogen and oxygen atoms in total. The Morgan fingerprint density at radius 3 is 2.62 bits per heavy atom. The number of ether oxygens (including phenoxy) is 3. The second-order valence-corrected chi connectivity index (χ2v) is 5.65. The molecule has 130 valence electrons. The molecule has 3 N–H and O–H groups in total. The molecule has 1 unspecified atom stereocenters. The van der Waals surface area contributed by atoms with Gasteiger partial charge in [-0.25, -0.2) is 0 Å². The van der Waals surface area contributed by atoms with Gasteiger partial charge in [-0.3, -0.25) is 0 Å². The monoisotopic (exact) mass is 351 g/mol. The molecule has 0 amide bonds. The first-order valence-electron chi connectivity index (χ1n) is 7.22. The van der Waals surface area contributed by atoms with Crippen LogP contribution in [0, 0.1) is 0 Å². The minimum atomic E-state index is -0.0479. The Balaban J connectivity index is 1.98. The number of aromatic nitrogens is 3. The molecule has 0 aliphatic rings. The summed E-state index contributed by atoms with van der Waals surface area (Å²) in [6.07, 6.45) is 1.88. The van der Waals surface area contributed by atoms with Crippen LogP contribution < -0.4 is 25.3 Å². The number of benzene rings is 1. The Labute approximate surface area is 145 Å². The molecular weight excluding hydrogens is 330 g/mol. The number of nitrogens with zero attached hydrogens (tertiary/aromatic N) is 3. The third-order valence-corrected chi connectivity index (χ3v) is 3.60. The van der Waals surface area contributed by atoms with Gasteiger partial charge in [0.25, 0.3) is 0 Å². The van der Waals surface area contributed by atoms with Gasteiger partial charge >= 0.3 is 0 Å². The van der Waals surface area contributed by atoms with Crippen molar-refractivity contribution in [3.05, 3.63) is 18.2 Å². The summed E-state index contributed by atoms with van der Waals surface area (Å²) in [5.74, 6) is 2.55. The molecule has 2 aromatic rings. The lowest BCUT2D eigenvalue weighted by Gasteiger charge is -2.17. The molecule has 0 aliphatic carbocycles. The van der Waals surface area contributed by atoms with E-state index < -0.39 is 0 Å². The summed E-state index contributed by atoms with van der Waals surface area (Å²) >= 11 is 1.40. The number of thioether (sulfide) groups is 1. The van der Waals surface area contributed by atoms with E-state index in [-0.39, 0.29) is 12.0 Å². The first-order chi connectivity index (χ1) is 11.5. The number of nitrogens with one attached hydrogen (secondary N) is 1. The lowest BCUT2D eigenvalue weighted by atomic mass is 10.3. The van der Waals surface area contributed by atoms with Crippen LogP contribution in [-0.4, -0.2) is 48.1 Å². The quantitative estimate of drug-likeness (QED) is 0.691. The minimum Gasteiger partial charge on any atom is -0.497 e. The van der Waals surface area contributed by atoms with Crippen LogP contribution in [-0.2, 0) is 0 Å². The lowest BCUT2D eigenvalue weighted by Crippen LogP contribution is -2.25. The molecule has 0 spiro atoms. The standard InChI is InChI=1S/C15H21N5O3S/c1-9(17-14-18-13(16)19-15(20-14)24-4)8-23-11-6-5-10(21-2)7-12(11)22-3/h5-7,9H,8H2,1-4H3,(H3,16,17,18,19,20). The smallest absolute Gasteiger partial charge is 0.228 e. The highest BCUT2D eigenvalue weighted by Gasteiger charge is 2.11. The number of hydrogen-bond donors (Lipinski definition) is 2.